The van der Waals surface area contributed by atoms with E-state index in [-0.39, 0.29) is 11.5 Å². The van der Waals surface area contributed by atoms with E-state index in [0.29, 0.717) is 17.3 Å². The van der Waals surface area contributed by atoms with Crippen molar-refractivity contribution in [2.45, 2.75) is 19.8 Å². The SMILES string of the molecule is CC(C)c1c(N)noc1-c1cccc(=O)[nH]1. The summed E-state index contributed by atoms with van der Waals surface area (Å²) in [6, 6.07) is 4.86. The summed E-state index contributed by atoms with van der Waals surface area (Å²) >= 11 is 0. The van der Waals surface area contributed by atoms with Crippen molar-refractivity contribution >= 4 is 5.82 Å². The Morgan fingerprint density at radius 3 is 2.81 bits per heavy atom. The van der Waals surface area contributed by atoms with Crippen LogP contribution in [0.4, 0.5) is 5.82 Å². The van der Waals surface area contributed by atoms with E-state index in [0.717, 1.165) is 5.56 Å². The number of hydrogen-bond acceptors (Lipinski definition) is 4. The van der Waals surface area contributed by atoms with Crippen molar-refractivity contribution in [1.82, 2.24) is 10.1 Å². The molecule has 0 bridgehead atoms. The molecule has 2 aromatic rings. The van der Waals surface area contributed by atoms with Crippen LogP contribution in [-0.2, 0) is 0 Å². The molecule has 2 rings (SSSR count). The van der Waals surface area contributed by atoms with Gasteiger partial charge in [-0.2, -0.15) is 0 Å². The summed E-state index contributed by atoms with van der Waals surface area (Å²) in [5.41, 5.74) is 6.96. The Labute approximate surface area is 92.3 Å². The summed E-state index contributed by atoms with van der Waals surface area (Å²) in [7, 11) is 0. The number of nitrogen functional groups attached to an aromatic ring is 1. The molecule has 0 saturated carbocycles. The number of pyridine rings is 1. The second-order valence-corrected chi connectivity index (χ2v) is 3.89. The lowest BCUT2D eigenvalue weighted by molar-refractivity contribution is 0.433. The first-order valence-electron chi connectivity index (χ1n) is 5.04. The fourth-order valence-electron chi connectivity index (χ4n) is 1.64. The van der Waals surface area contributed by atoms with Crippen LogP contribution >= 0.6 is 0 Å². The Kier molecular flexibility index (Phi) is 2.52. The molecule has 0 fully saturated rings. The quantitative estimate of drug-likeness (QED) is 0.805. The topological polar surface area (TPSA) is 84.9 Å². The highest BCUT2D eigenvalue weighted by Crippen LogP contribution is 2.31. The lowest BCUT2D eigenvalue weighted by Gasteiger charge is -2.04. The Bertz CT molecular complexity index is 554. The van der Waals surface area contributed by atoms with E-state index >= 15 is 0 Å². The van der Waals surface area contributed by atoms with Crippen LogP contribution in [0.25, 0.3) is 11.5 Å². The Morgan fingerprint density at radius 2 is 2.19 bits per heavy atom. The molecule has 0 amide bonds. The van der Waals surface area contributed by atoms with Gasteiger partial charge in [-0.05, 0) is 12.0 Å². The molecule has 0 saturated heterocycles. The summed E-state index contributed by atoms with van der Waals surface area (Å²) in [5.74, 6) is 1.09. The summed E-state index contributed by atoms with van der Waals surface area (Å²) in [4.78, 5) is 13.9. The van der Waals surface area contributed by atoms with Crippen molar-refractivity contribution in [3.8, 4) is 11.5 Å². The molecule has 5 nitrogen and oxygen atoms in total. The second kappa shape index (κ2) is 3.84. The summed E-state index contributed by atoms with van der Waals surface area (Å²) < 4.78 is 5.15. The van der Waals surface area contributed by atoms with Crippen LogP contribution in [0.5, 0.6) is 0 Å². The molecule has 16 heavy (non-hydrogen) atoms. The van der Waals surface area contributed by atoms with E-state index < -0.39 is 0 Å². The van der Waals surface area contributed by atoms with Crippen molar-refractivity contribution in [2.24, 2.45) is 0 Å². The first kappa shape index (κ1) is 10.5. The van der Waals surface area contributed by atoms with Gasteiger partial charge in [-0.15, -0.1) is 0 Å². The number of nitrogens with two attached hydrogens (primary N) is 1. The molecule has 0 aliphatic rings. The van der Waals surface area contributed by atoms with Crippen LogP contribution in [0, 0.1) is 0 Å². The van der Waals surface area contributed by atoms with E-state index in [1.165, 1.54) is 6.07 Å². The van der Waals surface area contributed by atoms with E-state index in [1.807, 2.05) is 13.8 Å². The average Bonchev–Trinajstić information content (AvgIpc) is 2.60. The average molecular weight is 219 g/mol. The minimum atomic E-state index is -0.179. The van der Waals surface area contributed by atoms with Crippen LogP contribution in [0.2, 0.25) is 0 Å². The fourth-order valence-corrected chi connectivity index (χ4v) is 1.64. The van der Waals surface area contributed by atoms with Gasteiger partial charge >= 0.3 is 0 Å². The summed E-state index contributed by atoms with van der Waals surface area (Å²) in [6.07, 6.45) is 0. The number of hydrogen-bond donors (Lipinski definition) is 2. The largest absolute Gasteiger partial charge is 0.381 e. The predicted octanol–water partition coefficient (Wildman–Crippen LogP) is 1.74. The van der Waals surface area contributed by atoms with E-state index in [9.17, 15) is 4.79 Å². The zero-order valence-corrected chi connectivity index (χ0v) is 9.15. The highest BCUT2D eigenvalue weighted by molar-refractivity contribution is 5.63. The van der Waals surface area contributed by atoms with E-state index in [1.54, 1.807) is 12.1 Å². The number of H-pyrrole nitrogens is 1. The number of nitrogens with one attached hydrogen (secondary N) is 1. The van der Waals surface area contributed by atoms with Gasteiger partial charge in [-0.25, -0.2) is 0 Å². The van der Waals surface area contributed by atoms with Gasteiger partial charge in [0.1, 0.15) is 0 Å². The van der Waals surface area contributed by atoms with E-state index in [2.05, 4.69) is 10.1 Å². The molecule has 2 heterocycles. The lowest BCUT2D eigenvalue weighted by atomic mass is 10.0. The third-order valence-corrected chi connectivity index (χ3v) is 2.35. The monoisotopic (exact) mass is 219 g/mol. The van der Waals surface area contributed by atoms with Gasteiger partial charge in [-0.1, -0.05) is 25.1 Å². The van der Waals surface area contributed by atoms with Crippen LogP contribution in [0.3, 0.4) is 0 Å². The maximum absolute atomic E-state index is 11.2. The molecule has 0 radical (unpaired) electrons. The van der Waals surface area contributed by atoms with Crippen molar-refractivity contribution in [3.63, 3.8) is 0 Å². The lowest BCUT2D eigenvalue weighted by Crippen LogP contribution is -2.04. The molecule has 5 heteroatoms. The first-order valence-corrected chi connectivity index (χ1v) is 5.04. The zero-order chi connectivity index (χ0) is 11.7. The van der Waals surface area contributed by atoms with Gasteiger partial charge in [-0.3, -0.25) is 4.79 Å². The summed E-state index contributed by atoms with van der Waals surface area (Å²) in [5, 5.41) is 3.72. The molecule has 3 N–H and O–H groups in total. The molecule has 2 aromatic heterocycles. The van der Waals surface area contributed by atoms with Crippen molar-refractivity contribution < 1.29 is 4.52 Å². The number of aromatic amines is 1. The molecule has 0 atom stereocenters. The Hall–Kier alpha value is -2.04. The van der Waals surface area contributed by atoms with Crippen LogP contribution in [0.15, 0.2) is 27.5 Å². The first-order chi connectivity index (χ1) is 7.59. The molecule has 0 aliphatic carbocycles. The molecular formula is C11H13N3O2. The standard InChI is InChI=1S/C11H13N3O2/c1-6(2)9-10(16-14-11(9)12)7-4-3-5-8(15)13-7/h3-6H,1-2H3,(H2,12,14)(H,13,15). The Balaban J connectivity index is 2.60. The fraction of sp³-hybridized carbons (Fsp3) is 0.273. The second-order valence-electron chi connectivity index (χ2n) is 3.89. The van der Waals surface area contributed by atoms with Crippen molar-refractivity contribution in [1.29, 1.82) is 0 Å². The normalized spacial score (nSPS) is 10.9. The number of rotatable bonds is 2. The smallest absolute Gasteiger partial charge is 0.248 e. The van der Waals surface area contributed by atoms with Gasteiger partial charge in [0.25, 0.3) is 0 Å². The maximum atomic E-state index is 11.2. The number of anilines is 1. The van der Waals surface area contributed by atoms with Gasteiger partial charge in [0.05, 0.1) is 5.69 Å². The minimum absolute atomic E-state index is 0.179. The molecular weight excluding hydrogens is 206 g/mol. The van der Waals surface area contributed by atoms with Crippen LogP contribution in [0.1, 0.15) is 25.3 Å². The molecule has 0 spiro atoms. The van der Waals surface area contributed by atoms with Crippen LogP contribution in [-0.4, -0.2) is 10.1 Å². The van der Waals surface area contributed by atoms with Gasteiger partial charge in [0.15, 0.2) is 11.6 Å². The Morgan fingerprint density at radius 1 is 1.44 bits per heavy atom. The molecule has 0 aliphatic heterocycles. The minimum Gasteiger partial charge on any atom is -0.381 e. The molecule has 84 valence electrons. The number of nitrogens with zero attached hydrogens (tertiary/aromatic N) is 1. The highest BCUT2D eigenvalue weighted by atomic mass is 16.5. The van der Waals surface area contributed by atoms with Gasteiger partial charge in [0, 0.05) is 11.6 Å². The predicted molar refractivity (Wildman–Crippen MR) is 61.1 cm³/mol. The summed E-state index contributed by atoms with van der Waals surface area (Å²) in [6.45, 7) is 3.99. The van der Waals surface area contributed by atoms with Gasteiger partial charge in [0.2, 0.25) is 5.56 Å². The zero-order valence-electron chi connectivity index (χ0n) is 9.15. The van der Waals surface area contributed by atoms with Crippen LogP contribution < -0.4 is 11.3 Å². The maximum Gasteiger partial charge on any atom is 0.248 e. The third kappa shape index (κ3) is 1.71. The van der Waals surface area contributed by atoms with Gasteiger partial charge < -0.3 is 15.2 Å². The highest BCUT2D eigenvalue weighted by Gasteiger charge is 2.18. The van der Waals surface area contributed by atoms with E-state index in [4.69, 9.17) is 10.3 Å². The molecule has 0 unspecified atom stereocenters. The third-order valence-electron chi connectivity index (χ3n) is 2.35. The number of aromatic nitrogens is 2. The van der Waals surface area contributed by atoms with Crippen molar-refractivity contribution in [2.75, 3.05) is 5.73 Å². The molecule has 0 aromatic carbocycles. The van der Waals surface area contributed by atoms with Crippen molar-refractivity contribution in [3.05, 3.63) is 34.1 Å².